The van der Waals surface area contributed by atoms with Gasteiger partial charge >= 0.3 is 5.97 Å². The molecule has 3 rings (SSSR count). The Morgan fingerprint density at radius 3 is 2.90 bits per heavy atom. The maximum absolute atomic E-state index is 11.2. The van der Waals surface area contributed by atoms with Crippen LogP contribution in [0.15, 0.2) is 24.3 Å². The monoisotopic (exact) mass is 285 g/mol. The molecule has 0 unspecified atom stereocenters. The quantitative estimate of drug-likeness (QED) is 0.745. The molecule has 21 heavy (non-hydrogen) atoms. The van der Waals surface area contributed by atoms with Crippen LogP contribution < -0.4 is 0 Å². The normalized spacial score (nSPS) is 11.1. The molecule has 108 valence electrons. The standard InChI is InChI=1S/C14H15N5O2/c1-2-5-11-13(14(20)21)17-18-19(11)8-12-15-9-6-3-4-7-10(9)16-12/h3-4,6-7H,2,5,8H2,1H3,(H,15,16)(H,20,21). The Morgan fingerprint density at radius 1 is 1.38 bits per heavy atom. The number of carboxylic acids is 1. The van der Waals surface area contributed by atoms with Crippen molar-refractivity contribution in [3.05, 3.63) is 41.5 Å². The Hall–Kier alpha value is -2.70. The topological polar surface area (TPSA) is 96.7 Å². The first-order chi connectivity index (χ1) is 10.2. The Balaban J connectivity index is 1.95. The van der Waals surface area contributed by atoms with Gasteiger partial charge in [-0.2, -0.15) is 0 Å². The molecule has 0 aliphatic carbocycles. The number of benzene rings is 1. The number of fused-ring (bicyclic) bond motifs is 1. The number of H-pyrrole nitrogens is 1. The van der Waals surface area contributed by atoms with Gasteiger partial charge in [0.25, 0.3) is 0 Å². The van der Waals surface area contributed by atoms with E-state index < -0.39 is 5.97 Å². The van der Waals surface area contributed by atoms with Crippen molar-refractivity contribution in [1.82, 2.24) is 25.0 Å². The lowest BCUT2D eigenvalue weighted by Crippen LogP contribution is -2.10. The minimum atomic E-state index is -1.05. The van der Waals surface area contributed by atoms with E-state index in [1.807, 2.05) is 31.2 Å². The lowest BCUT2D eigenvalue weighted by atomic mass is 10.2. The zero-order valence-electron chi connectivity index (χ0n) is 11.6. The molecule has 0 saturated heterocycles. The number of hydrogen-bond donors (Lipinski definition) is 2. The van der Waals surface area contributed by atoms with E-state index in [4.69, 9.17) is 5.11 Å². The number of nitrogens with one attached hydrogen (secondary N) is 1. The summed E-state index contributed by atoms with van der Waals surface area (Å²) in [7, 11) is 0. The van der Waals surface area contributed by atoms with Crippen LogP contribution in [-0.2, 0) is 13.0 Å². The van der Waals surface area contributed by atoms with Crippen molar-refractivity contribution in [2.75, 3.05) is 0 Å². The Labute approximate surface area is 120 Å². The molecule has 0 saturated carbocycles. The van der Waals surface area contributed by atoms with Crippen LogP contribution in [0.25, 0.3) is 11.0 Å². The zero-order valence-corrected chi connectivity index (χ0v) is 11.6. The van der Waals surface area contributed by atoms with E-state index in [1.54, 1.807) is 4.68 Å². The van der Waals surface area contributed by atoms with Crippen molar-refractivity contribution >= 4 is 17.0 Å². The molecule has 2 N–H and O–H groups in total. The molecular formula is C14H15N5O2. The van der Waals surface area contributed by atoms with Crippen LogP contribution >= 0.6 is 0 Å². The number of carboxylic acid groups (broad SMARTS) is 1. The summed E-state index contributed by atoms with van der Waals surface area (Å²) in [5, 5.41) is 16.9. The highest BCUT2D eigenvalue weighted by molar-refractivity contribution is 5.86. The van der Waals surface area contributed by atoms with Crippen LogP contribution in [0.2, 0.25) is 0 Å². The average Bonchev–Trinajstić information content (AvgIpc) is 3.03. The van der Waals surface area contributed by atoms with Crippen LogP contribution in [0, 0.1) is 0 Å². The van der Waals surface area contributed by atoms with Gasteiger partial charge in [0.1, 0.15) is 12.4 Å². The molecule has 0 fully saturated rings. The third kappa shape index (κ3) is 2.49. The van der Waals surface area contributed by atoms with Gasteiger partial charge < -0.3 is 10.1 Å². The predicted octanol–water partition coefficient (Wildman–Crippen LogP) is 1.85. The number of para-hydroxylation sites is 2. The first-order valence-electron chi connectivity index (χ1n) is 6.78. The molecule has 0 spiro atoms. The van der Waals surface area contributed by atoms with E-state index in [2.05, 4.69) is 20.3 Å². The maximum atomic E-state index is 11.2. The van der Waals surface area contributed by atoms with Crippen molar-refractivity contribution in [3.8, 4) is 0 Å². The van der Waals surface area contributed by atoms with Crippen LogP contribution in [0.4, 0.5) is 0 Å². The fourth-order valence-corrected chi connectivity index (χ4v) is 2.33. The summed E-state index contributed by atoms with van der Waals surface area (Å²) in [5.74, 6) is -0.315. The third-order valence-electron chi connectivity index (χ3n) is 3.26. The summed E-state index contributed by atoms with van der Waals surface area (Å²) < 4.78 is 1.60. The maximum Gasteiger partial charge on any atom is 0.358 e. The summed E-state index contributed by atoms with van der Waals surface area (Å²) >= 11 is 0. The second-order valence-electron chi connectivity index (χ2n) is 4.80. The van der Waals surface area contributed by atoms with Gasteiger partial charge in [0.15, 0.2) is 5.69 Å². The van der Waals surface area contributed by atoms with E-state index >= 15 is 0 Å². The van der Waals surface area contributed by atoms with E-state index in [9.17, 15) is 4.79 Å². The minimum absolute atomic E-state index is 0.0213. The summed E-state index contributed by atoms with van der Waals surface area (Å²) in [6.45, 7) is 2.37. The van der Waals surface area contributed by atoms with E-state index in [1.165, 1.54) is 0 Å². The van der Waals surface area contributed by atoms with Gasteiger partial charge in [0, 0.05) is 0 Å². The highest BCUT2D eigenvalue weighted by Crippen LogP contribution is 2.13. The number of aromatic carboxylic acids is 1. The van der Waals surface area contributed by atoms with Crippen LogP contribution in [-0.4, -0.2) is 36.0 Å². The van der Waals surface area contributed by atoms with E-state index in [0.29, 0.717) is 18.7 Å². The number of carbonyl (C=O) groups is 1. The number of rotatable bonds is 5. The highest BCUT2D eigenvalue weighted by Gasteiger charge is 2.18. The minimum Gasteiger partial charge on any atom is -0.476 e. The third-order valence-corrected chi connectivity index (χ3v) is 3.26. The predicted molar refractivity (Wildman–Crippen MR) is 76.2 cm³/mol. The van der Waals surface area contributed by atoms with Crippen molar-refractivity contribution in [3.63, 3.8) is 0 Å². The highest BCUT2D eigenvalue weighted by atomic mass is 16.4. The Bertz CT molecular complexity index is 757. The average molecular weight is 285 g/mol. The molecule has 7 nitrogen and oxygen atoms in total. The molecule has 2 heterocycles. The summed E-state index contributed by atoms with van der Waals surface area (Å²) in [6.07, 6.45) is 1.45. The molecule has 0 atom stereocenters. The first kappa shape index (κ1) is 13.3. The largest absolute Gasteiger partial charge is 0.476 e. The molecule has 1 aromatic carbocycles. The number of hydrogen-bond acceptors (Lipinski definition) is 4. The fourth-order valence-electron chi connectivity index (χ4n) is 2.33. The van der Waals surface area contributed by atoms with Crippen LogP contribution in [0.5, 0.6) is 0 Å². The van der Waals surface area contributed by atoms with Gasteiger partial charge in [-0.05, 0) is 18.6 Å². The lowest BCUT2D eigenvalue weighted by Gasteiger charge is -2.03. The SMILES string of the molecule is CCCc1c(C(=O)O)nnn1Cc1nc2ccccc2[nH]1. The molecule has 0 bridgehead atoms. The summed E-state index contributed by atoms with van der Waals surface area (Å²) in [5.41, 5.74) is 2.48. The zero-order chi connectivity index (χ0) is 14.8. The second kappa shape index (κ2) is 5.35. The molecular weight excluding hydrogens is 270 g/mol. The van der Waals surface area contributed by atoms with Crippen molar-refractivity contribution in [1.29, 1.82) is 0 Å². The van der Waals surface area contributed by atoms with E-state index in [-0.39, 0.29) is 5.69 Å². The lowest BCUT2D eigenvalue weighted by molar-refractivity contribution is 0.0689. The van der Waals surface area contributed by atoms with Gasteiger partial charge in [0.05, 0.1) is 16.7 Å². The molecule has 0 amide bonds. The fraction of sp³-hybridized carbons (Fsp3) is 0.286. The molecule has 0 aliphatic rings. The Kier molecular flexibility index (Phi) is 3.39. The first-order valence-corrected chi connectivity index (χ1v) is 6.78. The van der Waals surface area contributed by atoms with Gasteiger partial charge in [-0.3, -0.25) is 0 Å². The summed E-state index contributed by atoms with van der Waals surface area (Å²) in [4.78, 5) is 18.8. The Morgan fingerprint density at radius 2 is 2.19 bits per heavy atom. The number of nitrogens with zero attached hydrogens (tertiary/aromatic N) is 4. The van der Waals surface area contributed by atoms with Gasteiger partial charge in [0.2, 0.25) is 0 Å². The van der Waals surface area contributed by atoms with Crippen LogP contribution in [0.3, 0.4) is 0 Å². The molecule has 7 heteroatoms. The number of aromatic amines is 1. The van der Waals surface area contributed by atoms with Gasteiger partial charge in [-0.15, -0.1) is 5.10 Å². The van der Waals surface area contributed by atoms with E-state index in [0.717, 1.165) is 23.3 Å². The molecule has 0 radical (unpaired) electrons. The molecule has 2 aromatic heterocycles. The van der Waals surface area contributed by atoms with Crippen molar-refractivity contribution in [2.24, 2.45) is 0 Å². The van der Waals surface area contributed by atoms with Crippen molar-refractivity contribution in [2.45, 2.75) is 26.3 Å². The smallest absolute Gasteiger partial charge is 0.358 e. The summed E-state index contributed by atoms with van der Waals surface area (Å²) in [6, 6.07) is 7.73. The van der Waals surface area contributed by atoms with Gasteiger partial charge in [-0.1, -0.05) is 30.7 Å². The second-order valence-corrected chi connectivity index (χ2v) is 4.80. The van der Waals surface area contributed by atoms with Crippen molar-refractivity contribution < 1.29 is 9.90 Å². The molecule has 3 aromatic rings. The van der Waals surface area contributed by atoms with Gasteiger partial charge in [-0.25, -0.2) is 14.5 Å². The van der Waals surface area contributed by atoms with Crippen LogP contribution in [0.1, 0.15) is 35.4 Å². The molecule has 0 aliphatic heterocycles. The number of imidazole rings is 1. The number of aromatic nitrogens is 5.